The van der Waals surface area contributed by atoms with E-state index in [9.17, 15) is 9.59 Å². The van der Waals surface area contributed by atoms with Gasteiger partial charge in [-0.25, -0.2) is 0 Å². The number of aryl methyl sites for hydroxylation is 1. The Morgan fingerprint density at radius 1 is 1.24 bits per heavy atom. The third-order valence-corrected chi connectivity index (χ3v) is 7.40. The van der Waals surface area contributed by atoms with Crippen LogP contribution in [0.4, 0.5) is 10.8 Å². The molecule has 0 bridgehead atoms. The summed E-state index contributed by atoms with van der Waals surface area (Å²) in [5.41, 5.74) is 2.05. The summed E-state index contributed by atoms with van der Waals surface area (Å²) in [6.45, 7) is 9.11. The molecule has 33 heavy (non-hydrogen) atoms. The second kappa shape index (κ2) is 11.2. The van der Waals surface area contributed by atoms with Crippen LogP contribution in [-0.2, 0) is 27.3 Å². The summed E-state index contributed by atoms with van der Waals surface area (Å²) in [5, 5.41) is 12.6. The summed E-state index contributed by atoms with van der Waals surface area (Å²) in [7, 11) is 0. The molecule has 2 atom stereocenters. The number of nitrogens with one attached hydrogen (secondary N) is 1. The van der Waals surface area contributed by atoms with Gasteiger partial charge in [-0.15, -0.1) is 10.2 Å². The zero-order valence-corrected chi connectivity index (χ0v) is 20.3. The zero-order valence-electron chi connectivity index (χ0n) is 19.5. The molecule has 2 saturated heterocycles. The number of benzene rings is 1. The number of amides is 2. The van der Waals surface area contributed by atoms with Gasteiger partial charge in [0.05, 0.1) is 19.1 Å². The van der Waals surface area contributed by atoms with E-state index < -0.39 is 5.92 Å². The molecule has 4 rings (SSSR count). The number of ether oxygens (including phenoxy) is 1. The predicted octanol–water partition coefficient (Wildman–Crippen LogP) is 3.34. The number of carbonyl (C=O) groups is 2. The first-order valence-electron chi connectivity index (χ1n) is 11.8. The van der Waals surface area contributed by atoms with Gasteiger partial charge in [-0.05, 0) is 30.0 Å². The first kappa shape index (κ1) is 23.8. The lowest BCUT2D eigenvalue weighted by molar-refractivity contribution is -0.122. The summed E-state index contributed by atoms with van der Waals surface area (Å²) in [6, 6.07) is 8.08. The highest BCUT2D eigenvalue weighted by Gasteiger charge is 2.35. The highest BCUT2D eigenvalue weighted by atomic mass is 32.1. The van der Waals surface area contributed by atoms with E-state index in [4.69, 9.17) is 4.74 Å². The molecule has 0 spiro atoms. The summed E-state index contributed by atoms with van der Waals surface area (Å²) in [4.78, 5) is 29.5. The Hall–Kier alpha value is -2.36. The monoisotopic (exact) mass is 471 g/mol. The van der Waals surface area contributed by atoms with Gasteiger partial charge in [0.15, 0.2) is 0 Å². The molecule has 2 aliphatic rings. The Bertz CT molecular complexity index is 942. The molecular formula is C24H33N5O3S. The maximum atomic E-state index is 12.8. The molecule has 1 aromatic carbocycles. The van der Waals surface area contributed by atoms with Crippen LogP contribution in [0.15, 0.2) is 24.3 Å². The van der Waals surface area contributed by atoms with Crippen molar-refractivity contribution >= 4 is 34.0 Å². The molecule has 0 aliphatic carbocycles. The molecule has 0 radical (unpaired) electrons. The molecule has 2 amide bonds. The van der Waals surface area contributed by atoms with Crippen molar-refractivity contribution in [2.45, 2.75) is 46.1 Å². The predicted molar refractivity (Wildman–Crippen MR) is 129 cm³/mol. The van der Waals surface area contributed by atoms with Gasteiger partial charge in [0, 0.05) is 44.7 Å². The van der Waals surface area contributed by atoms with Crippen LogP contribution >= 0.6 is 11.3 Å². The molecule has 3 heterocycles. The van der Waals surface area contributed by atoms with Crippen molar-refractivity contribution in [3.63, 3.8) is 0 Å². The van der Waals surface area contributed by atoms with Crippen LogP contribution in [0.2, 0.25) is 0 Å². The molecule has 0 saturated carbocycles. The lowest BCUT2D eigenvalue weighted by Crippen LogP contribution is -2.35. The van der Waals surface area contributed by atoms with E-state index in [1.165, 1.54) is 16.9 Å². The molecule has 2 fully saturated rings. The Labute approximate surface area is 199 Å². The Morgan fingerprint density at radius 2 is 2.00 bits per heavy atom. The lowest BCUT2D eigenvalue weighted by atomic mass is 10.0. The molecule has 2 aromatic rings. The molecule has 1 aromatic heterocycles. The van der Waals surface area contributed by atoms with Crippen molar-refractivity contribution in [2.24, 2.45) is 11.8 Å². The van der Waals surface area contributed by atoms with Crippen molar-refractivity contribution < 1.29 is 14.3 Å². The third kappa shape index (κ3) is 6.37. The van der Waals surface area contributed by atoms with Crippen LogP contribution in [0, 0.1) is 11.8 Å². The van der Waals surface area contributed by atoms with E-state index in [1.807, 2.05) is 12.1 Å². The number of rotatable bonds is 9. The van der Waals surface area contributed by atoms with E-state index in [0.717, 1.165) is 62.8 Å². The van der Waals surface area contributed by atoms with E-state index in [2.05, 4.69) is 46.4 Å². The van der Waals surface area contributed by atoms with Crippen LogP contribution < -0.4 is 10.2 Å². The first-order chi connectivity index (χ1) is 16.0. The number of anilines is 2. The smallest absolute Gasteiger partial charge is 0.231 e. The molecule has 8 nitrogen and oxygen atoms in total. The topological polar surface area (TPSA) is 87.7 Å². The Balaban J connectivity index is 1.29. The molecule has 178 valence electrons. The van der Waals surface area contributed by atoms with Gasteiger partial charge >= 0.3 is 0 Å². The Morgan fingerprint density at radius 3 is 2.73 bits per heavy atom. The average Bonchev–Trinajstić information content (AvgIpc) is 3.45. The summed E-state index contributed by atoms with van der Waals surface area (Å²) < 4.78 is 5.40. The number of nitrogens with zero attached hydrogens (tertiary/aromatic N) is 4. The lowest BCUT2D eigenvalue weighted by Gasteiger charge is -2.26. The second-order valence-corrected chi connectivity index (χ2v) is 10.1. The van der Waals surface area contributed by atoms with E-state index in [1.54, 1.807) is 4.90 Å². The third-order valence-electron chi connectivity index (χ3n) is 6.50. The van der Waals surface area contributed by atoms with Gasteiger partial charge in [0.1, 0.15) is 5.01 Å². The van der Waals surface area contributed by atoms with Gasteiger partial charge in [0.25, 0.3) is 0 Å². The minimum absolute atomic E-state index is 0.0254. The SMILES string of the molecule is CCC(C)CCc1nnc(NC(=O)C2CC(=O)N(c3ccc(CN4CCOCC4)cc3)C2)s1. The van der Waals surface area contributed by atoms with E-state index in [-0.39, 0.29) is 18.2 Å². The molecule has 2 aliphatic heterocycles. The van der Waals surface area contributed by atoms with Crippen LogP contribution in [0.3, 0.4) is 0 Å². The number of morpholine rings is 1. The van der Waals surface area contributed by atoms with Crippen molar-refractivity contribution in [2.75, 3.05) is 43.1 Å². The minimum atomic E-state index is -0.391. The van der Waals surface area contributed by atoms with Gasteiger partial charge in [-0.3, -0.25) is 14.5 Å². The van der Waals surface area contributed by atoms with Crippen LogP contribution in [-0.4, -0.2) is 59.8 Å². The van der Waals surface area contributed by atoms with Gasteiger partial charge in [-0.1, -0.05) is 43.7 Å². The largest absolute Gasteiger partial charge is 0.379 e. The number of aromatic nitrogens is 2. The maximum absolute atomic E-state index is 12.8. The van der Waals surface area contributed by atoms with Crippen LogP contribution in [0.5, 0.6) is 0 Å². The second-order valence-electron chi connectivity index (χ2n) is 9.00. The van der Waals surface area contributed by atoms with Gasteiger partial charge in [0.2, 0.25) is 16.9 Å². The maximum Gasteiger partial charge on any atom is 0.231 e. The van der Waals surface area contributed by atoms with Crippen molar-refractivity contribution in [3.05, 3.63) is 34.8 Å². The Kier molecular flexibility index (Phi) is 8.06. The highest BCUT2D eigenvalue weighted by molar-refractivity contribution is 7.15. The van der Waals surface area contributed by atoms with Crippen molar-refractivity contribution in [1.29, 1.82) is 0 Å². The highest BCUT2D eigenvalue weighted by Crippen LogP contribution is 2.27. The van der Waals surface area contributed by atoms with Crippen molar-refractivity contribution in [1.82, 2.24) is 15.1 Å². The van der Waals surface area contributed by atoms with Gasteiger partial charge in [-0.2, -0.15) is 0 Å². The zero-order chi connectivity index (χ0) is 23.2. The number of hydrogen-bond acceptors (Lipinski definition) is 7. The fourth-order valence-corrected chi connectivity index (χ4v) is 4.88. The van der Waals surface area contributed by atoms with Gasteiger partial charge < -0.3 is 15.0 Å². The number of hydrogen-bond donors (Lipinski definition) is 1. The fourth-order valence-electron chi connectivity index (χ4n) is 4.12. The summed E-state index contributed by atoms with van der Waals surface area (Å²) in [6.07, 6.45) is 3.29. The minimum Gasteiger partial charge on any atom is -0.379 e. The molecular weight excluding hydrogens is 438 g/mol. The normalized spacial score (nSPS) is 20.2. The molecule has 2 unspecified atom stereocenters. The average molecular weight is 472 g/mol. The van der Waals surface area contributed by atoms with Crippen molar-refractivity contribution in [3.8, 4) is 0 Å². The van der Waals surface area contributed by atoms with E-state index >= 15 is 0 Å². The van der Waals surface area contributed by atoms with E-state index in [0.29, 0.717) is 17.6 Å². The fraction of sp³-hybridized carbons (Fsp3) is 0.583. The summed E-state index contributed by atoms with van der Waals surface area (Å²) >= 11 is 1.42. The summed E-state index contributed by atoms with van der Waals surface area (Å²) in [5.74, 6) is 0.0656. The standard InChI is InChI=1S/C24H33N5O3S/c1-3-17(2)4-9-21-26-27-24(33-21)25-23(31)19-14-22(30)29(16-19)20-7-5-18(6-8-20)15-28-10-12-32-13-11-28/h5-8,17,19H,3-4,9-16H2,1-2H3,(H,25,27,31). The van der Waals surface area contributed by atoms with Crippen LogP contribution in [0.25, 0.3) is 0 Å². The van der Waals surface area contributed by atoms with Crippen LogP contribution in [0.1, 0.15) is 43.7 Å². The first-order valence-corrected chi connectivity index (χ1v) is 12.7. The number of carbonyl (C=O) groups excluding carboxylic acids is 2. The molecule has 9 heteroatoms. The molecule has 1 N–H and O–H groups in total. The quantitative estimate of drug-likeness (QED) is 0.604.